The lowest BCUT2D eigenvalue weighted by molar-refractivity contribution is -0.138. The first kappa shape index (κ1) is 28.6. The highest BCUT2D eigenvalue weighted by Gasteiger charge is 2.49. The van der Waals surface area contributed by atoms with Gasteiger partial charge in [-0.05, 0) is 29.9 Å². The molecule has 0 saturated heterocycles. The lowest BCUT2D eigenvalue weighted by Gasteiger charge is -2.31. The van der Waals surface area contributed by atoms with Crippen molar-refractivity contribution in [2.75, 3.05) is 6.54 Å². The minimum absolute atomic E-state index is 0.00283. The molecule has 10 heteroatoms. The first-order valence-electron chi connectivity index (χ1n) is 11.6. The number of carboxylic acid groups (broad SMARTS) is 1. The molecule has 3 N–H and O–H groups in total. The fourth-order valence-corrected chi connectivity index (χ4v) is 3.95. The number of aliphatic carboxylic acids is 1. The van der Waals surface area contributed by atoms with Crippen molar-refractivity contribution >= 4 is 36.2 Å². The molecule has 2 amide bonds. The van der Waals surface area contributed by atoms with Gasteiger partial charge in [0, 0.05) is 19.0 Å². The van der Waals surface area contributed by atoms with E-state index < -0.39 is 35.3 Å². The summed E-state index contributed by atoms with van der Waals surface area (Å²) in [5.74, 6) is -2.75. The van der Waals surface area contributed by atoms with Crippen LogP contribution in [0.15, 0.2) is 65.0 Å². The van der Waals surface area contributed by atoms with Gasteiger partial charge in [-0.1, -0.05) is 74.5 Å². The number of rotatable bonds is 14. The summed E-state index contributed by atoms with van der Waals surface area (Å²) in [5.41, 5.74) is -0.479. The number of nitrogens with zero attached hydrogens (tertiary/aromatic N) is 1. The molecule has 0 saturated carbocycles. The zero-order chi connectivity index (χ0) is 26.6. The number of hydrogen-bond acceptors (Lipinski definition) is 7. The molecule has 2 aromatic carbocycles. The van der Waals surface area contributed by atoms with Gasteiger partial charge in [-0.2, -0.15) is 4.36 Å². The van der Waals surface area contributed by atoms with E-state index in [4.69, 9.17) is 22.3 Å². The summed E-state index contributed by atoms with van der Waals surface area (Å²) in [7, 11) is 0. The Kier molecular flexibility index (Phi) is 11.1. The molecule has 0 fully saturated rings. The molecular weight excluding hydrogens is 482 g/mol. The van der Waals surface area contributed by atoms with Crippen LogP contribution in [0.1, 0.15) is 37.8 Å². The van der Waals surface area contributed by atoms with Crippen LogP contribution in [0, 0.1) is 5.92 Å². The lowest BCUT2D eigenvalue weighted by atomic mass is 9.80. The molecule has 192 valence electrons. The number of carbonyl (C=O) groups is 4. The van der Waals surface area contributed by atoms with E-state index in [-0.39, 0.29) is 38.3 Å². The second-order valence-corrected chi connectivity index (χ2v) is 8.94. The number of carboxylic acids is 1. The van der Waals surface area contributed by atoms with E-state index in [1.54, 1.807) is 50.2 Å². The number of alkyl carbamates (subject to hydrolysis) is 1. The fraction of sp³-hybridized carbons (Fsp3) is 0.385. The summed E-state index contributed by atoms with van der Waals surface area (Å²) >= 11 is 4.95. The van der Waals surface area contributed by atoms with E-state index in [1.165, 1.54) is 0 Å². The number of ketones is 1. The lowest BCUT2D eigenvalue weighted by Crippen LogP contribution is -2.59. The summed E-state index contributed by atoms with van der Waals surface area (Å²) < 4.78 is 9.10. The van der Waals surface area contributed by atoms with Crippen LogP contribution in [0.25, 0.3) is 0 Å². The van der Waals surface area contributed by atoms with Crippen LogP contribution in [0.3, 0.4) is 0 Å². The van der Waals surface area contributed by atoms with Crippen LogP contribution >= 0.6 is 0 Å². The third-order valence-electron chi connectivity index (χ3n) is 5.37. The van der Waals surface area contributed by atoms with Crippen LogP contribution in [0.4, 0.5) is 4.79 Å². The Morgan fingerprint density at radius 2 is 1.58 bits per heavy atom. The molecule has 9 nitrogen and oxygen atoms in total. The van der Waals surface area contributed by atoms with E-state index in [0.717, 1.165) is 11.1 Å². The van der Waals surface area contributed by atoms with Crippen LogP contribution in [-0.2, 0) is 44.6 Å². The zero-order valence-electron chi connectivity index (χ0n) is 20.3. The van der Waals surface area contributed by atoms with Crippen LogP contribution < -0.4 is 10.6 Å². The standard InChI is InChI=1S/C26H31N3O6S/c1-18(2)16-26(29-36,24(33)27-14-13-22(30)31)23(32)21(15-19-9-5-3-6-10-19)28-25(34)35-17-20-11-7-4-8-12-20/h3-12,18,21H,13-17H2,1-2H3,(H,27,33)(H,28,34)(H,30,31)/t21-,26+/m0/s1. The van der Waals surface area contributed by atoms with Gasteiger partial charge in [-0.25, -0.2) is 4.79 Å². The van der Waals surface area contributed by atoms with Crippen molar-refractivity contribution < 1.29 is 29.0 Å². The number of ether oxygens (including phenoxy) is 1. The average molecular weight is 514 g/mol. The van der Waals surface area contributed by atoms with Crippen molar-refractivity contribution in [3.63, 3.8) is 0 Å². The molecule has 0 aliphatic rings. The molecule has 0 aromatic heterocycles. The second-order valence-electron chi connectivity index (χ2n) is 8.76. The van der Waals surface area contributed by atoms with Crippen LogP contribution in [0.2, 0.25) is 0 Å². The van der Waals surface area contributed by atoms with Crippen LogP contribution in [-0.4, -0.2) is 47.0 Å². The van der Waals surface area contributed by atoms with Crippen molar-refractivity contribution in [2.45, 2.75) is 51.3 Å². The van der Waals surface area contributed by atoms with E-state index in [1.807, 2.05) is 24.3 Å². The van der Waals surface area contributed by atoms with Crippen molar-refractivity contribution in [1.29, 1.82) is 0 Å². The Hall–Kier alpha value is -3.66. The number of amides is 2. The first-order chi connectivity index (χ1) is 17.2. The van der Waals surface area contributed by atoms with Gasteiger partial charge >= 0.3 is 12.1 Å². The van der Waals surface area contributed by atoms with Gasteiger partial charge in [0.1, 0.15) is 6.61 Å². The van der Waals surface area contributed by atoms with Gasteiger partial charge in [0.15, 0.2) is 5.78 Å². The van der Waals surface area contributed by atoms with Gasteiger partial charge in [0.05, 0.1) is 12.5 Å². The number of nitrogens with one attached hydrogen (secondary N) is 2. The largest absolute Gasteiger partial charge is 0.481 e. The maximum atomic E-state index is 13.9. The van der Waals surface area contributed by atoms with Crippen molar-refractivity contribution in [3.05, 3.63) is 71.8 Å². The predicted molar refractivity (Wildman–Crippen MR) is 136 cm³/mol. The third kappa shape index (κ3) is 8.53. The van der Waals surface area contributed by atoms with Gasteiger partial charge in [-0.15, -0.1) is 0 Å². The predicted octanol–water partition coefficient (Wildman–Crippen LogP) is 3.20. The molecule has 0 unspecified atom stereocenters. The van der Waals surface area contributed by atoms with Crippen molar-refractivity contribution in [1.82, 2.24) is 10.6 Å². The summed E-state index contributed by atoms with van der Waals surface area (Å²) in [5, 5.41) is 14.0. The summed E-state index contributed by atoms with van der Waals surface area (Å²) in [4.78, 5) is 50.6. The number of hydrogen-bond donors (Lipinski definition) is 3. The van der Waals surface area contributed by atoms with Gasteiger partial charge < -0.3 is 20.5 Å². The number of carbonyl (C=O) groups excluding carboxylic acids is 3. The highest BCUT2D eigenvalue weighted by molar-refractivity contribution is 7.47. The number of benzene rings is 2. The third-order valence-corrected chi connectivity index (χ3v) is 5.68. The monoisotopic (exact) mass is 513 g/mol. The molecular formula is C26H31N3O6S. The summed E-state index contributed by atoms with van der Waals surface area (Å²) in [6.45, 7) is 3.42. The van der Waals surface area contributed by atoms with E-state index in [2.05, 4.69) is 15.0 Å². The molecule has 0 aliphatic carbocycles. The minimum Gasteiger partial charge on any atom is -0.481 e. The second kappa shape index (κ2) is 14.0. The van der Waals surface area contributed by atoms with Gasteiger partial charge in [-0.3, -0.25) is 14.4 Å². The first-order valence-corrected chi connectivity index (χ1v) is 11.9. The number of Topliss-reactive ketones (excluding diaryl/α,β-unsaturated/α-hetero) is 1. The van der Waals surface area contributed by atoms with Crippen LogP contribution in [0.5, 0.6) is 0 Å². The van der Waals surface area contributed by atoms with Gasteiger partial charge in [0.25, 0.3) is 5.91 Å². The molecule has 2 atom stereocenters. The highest BCUT2D eigenvalue weighted by atomic mass is 32.1. The topological polar surface area (TPSA) is 134 Å². The Morgan fingerprint density at radius 1 is 1.00 bits per heavy atom. The summed E-state index contributed by atoms with van der Waals surface area (Å²) in [6, 6.07) is 16.9. The molecule has 2 rings (SSSR count). The molecule has 0 spiro atoms. The van der Waals surface area contributed by atoms with E-state index in [0.29, 0.717) is 0 Å². The Balaban J connectivity index is 2.31. The molecule has 36 heavy (non-hydrogen) atoms. The maximum Gasteiger partial charge on any atom is 0.408 e. The smallest absolute Gasteiger partial charge is 0.408 e. The van der Waals surface area contributed by atoms with Crippen molar-refractivity contribution in [3.8, 4) is 0 Å². The molecule has 0 bridgehead atoms. The zero-order valence-corrected chi connectivity index (χ0v) is 21.1. The molecule has 0 heterocycles. The SMILES string of the molecule is CC(C)C[C@](N=S)(C(=O)NCCC(=O)O)C(=O)[C@H](Cc1ccccc1)NC(=O)OCc1ccccc1. The molecule has 2 aromatic rings. The van der Waals surface area contributed by atoms with Gasteiger partial charge in [0.2, 0.25) is 5.54 Å². The van der Waals surface area contributed by atoms with Crippen molar-refractivity contribution in [2.24, 2.45) is 10.3 Å². The summed E-state index contributed by atoms with van der Waals surface area (Å²) in [6.07, 6.45) is -1.10. The minimum atomic E-state index is -1.99. The van der Waals surface area contributed by atoms with E-state index >= 15 is 0 Å². The normalized spacial score (nSPS) is 13.2. The highest BCUT2D eigenvalue weighted by Crippen LogP contribution is 2.26. The quantitative estimate of drug-likeness (QED) is 0.330. The maximum absolute atomic E-state index is 13.9. The molecule has 0 radical (unpaired) electrons. The molecule has 0 aliphatic heterocycles. The van der Waals surface area contributed by atoms with E-state index in [9.17, 15) is 19.2 Å². The Morgan fingerprint density at radius 3 is 2.11 bits per heavy atom. The average Bonchev–Trinajstić information content (AvgIpc) is 2.86. The Bertz CT molecular complexity index is 1050. The Labute approximate surface area is 215 Å². The fourth-order valence-electron chi connectivity index (χ4n) is 3.70.